The lowest BCUT2D eigenvalue weighted by Crippen LogP contribution is -2.43. The van der Waals surface area contributed by atoms with Crippen LogP contribution in [0.2, 0.25) is 0 Å². The van der Waals surface area contributed by atoms with Crippen LogP contribution in [0.15, 0.2) is 18.2 Å². The van der Waals surface area contributed by atoms with Gasteiger partial charge in [0.2, 0.25) is 5.91 Å². The van der Waals surface area contributed by atoms with Gasteiger partial charge >= 0.3 is 5.97 Å². The molecule has 0 heterocycles. The van der Waals surface area contributed by atoms with Gasteiger partial charge in [0, 0.05) is 12.1 Å². The molecule has 0 aliphatic rings. The first-order valence-electron chi connectivity index (χ1n) is 7.24. The maximum Gasteiger partial charge on any atom is 0.311 e. The quantitative estimate of drug-likeness (QED) is 0.813. The van der Waals surface area contributed by atoms with E-state index < -0.39 is 34.8 Å². The standard InChI is InChI=1S/C16H21F2NO3/c1-4-16(5-2,15(21)22)9-19-14(20)10(3)13-11(17)7-6-8-12(13)18/h6-8,10H,4-5,9H2,1-3H3,(H,19,20)(H,21,22). The number of halogens is 2. The third kappa shape index (κ3) is 3.61. The van der Waals surface area contributed by atoms with Crippen LogP contribution in [0.25, 0.3) is 0 Å². The van der Waals surface area contributed by atoms with Crippen LogP contribution in [0.4, 0.5) is 8.78 Å². The van der Waals surface area contributed by atoms with Crippen LogP contribution in [0.1, 0.15) is 45.1 Å². The molecule has 0 spiro atoms. The highest BCUT2D eigenvalue weighted by molar-refractivity contribution is 5.84. The highest BCUT2D eigenvalue weighted by Crippen LogP contribution is 2.27. The van der Waals surface area contributed by atoms with E-state index in [4.69, 9.17) is 0 Å². The molecule has 0 aromatic heterocycles. The fraction of sp³-hybridized carbons (Fsp3) is 0.500. The van der Waals surface area contributed by atoms with Gasteiger partial charge in [-0.3, -0.25) is 9.59 Å². The van der Waals surface area contributed by atoms with Crippen LogP contribution >= 0.6 is 0 Å². The molecular formula is C16H21F2NO3. The first-order chi connectivity index (χ1) is 10.3. The molecule has 6 heteroatoms. The molecule has 2 N–H and O–H groups in total. The maximum atomic E-state index is 13.7. The fourth-order valence-electron chi connectivity index (χ4n) is 2.34. The van der Waals surface area contributed by atoms with Gasteiger partial charge < -0.3 is 10.4 Å². The zero-order chi connectivity index (χ0) is 16.9. The molecule has 0 aliphatic heterocycles. The van der Waals surface area contributed by atoms with Gasteiger partial charge in [-0.1, -0.05) is 19.9 Å². The normalized spacial score (nSPS) is 12.8. The number of rotatable bonds is 7. The Morgan fingerprint density at radius 1 is 1.23 bits per heavy atom. The summed E-state index contributed by atoms with van der Waals surface area (Å²) in [6, 6.07) is 3.39. The zero-order valence-corrected chi connectivity index (χ0v) is 13.0. The second kappa shape index (κ2) is 7.33. The minimum atomic E-state index is -1.07. The summed E-state index contributed by atoms with van der Waals surface area (Å²) in [6.45, 7) is 4.76. The fourth-order valence-corrected chi connectivity index (χ4v) is 2.34. The molecule has 22 heavy (non-hydrogen) atoms. The average molecular weight is 313 g/mol. The lowest BCUT2D eigenvalue weighted by atomic mass is 9.82. The van der Waals surface area contributed by atoms with Gasteiger partial charge in [-0.15, -0.1) is 0 Å². The van der Waals surface area contributed by atoms with Crippen molar-refractivity contribution in [3.63, 3.8) is 0 Å². The summed E-state index contributed by atoms with van der Waals surface area (Å²) in [5.41, 5.74) is -1.38. The monoisotopic (exact) mass is 313 g/mol. The summed E-state index contributed by atoms with van der Waals surface area (Å²) in [5.74, 6) is -4.23. The van der Waals surface area contributed by atoms with Crippen molar-refractivity contribution >= 4 is 11.9 Å². The van der Waals surface area contributed by atoms with Crippen molar-refractivity contribution in [1.82, 2.24) is 5.32 Å². The minimum absolute atomic E-state index is 0.0748. The van der Waals surface area contributed by atoms with Gasteiger partial charge in [-0.2, -0.15) is 0 Å². The Balaban J connectivity index is 2.87. The van der Waals surface area contributed by atoms with Gasteiger partial charge in [0.15, 0.2) is 0 Å². The Labute approximate surface area is 128 Å². The number of carbonyl (C=O) groups is 2. The molecule has 0 radical (unpaired) electrons. The van der Waals surface area contributed by atoms with Crippen molar-refractivity contribution in [3.05, 3.63) is 35.4 Å². The van der Waals surface area contributed by atoms with Crippen LogP contribution in [0.3, 0.4) is 0 Å². The highest BCUT2D eigenvalue weighted by Gasteiger charge is 2.35. The summed E-state index contributed by atoms with van der Waals surface area (Å²) in [7, 11) is 0. The molecule has 0 fully saturated rings. The van der Waals surface area contributed by atoms with E-state index in [1.54, 1.807) is 13.8 Å². The number of hydrogen-bond donors (Lipinski definition) is 2. The summed E-state index contributed by atoms with van der Waals surface area (Å²) in [5, 5.41) is 11.8. The molecular weight excluding hydrogens is 292 g/mol. The van der Waals surface area contributed by atoms with E-state index in [9.17, 15) is 23.5 Å². The molecule has 4 nitrogen and oxygen atoms in total. The predicted octanol–water partition coefficient (Wildman–Crippen LogP) is 3.08. The predicted molar refractivity (Wildman–Crippen MR) is 78.4 cm³/mol. The number of amides is 1. The van der Waals surface area contributed by atoms with Gasteiger partial charge in [0.25, 0.3) is 0 Å². The van der Waals surface area contributed by atoms with Crippen LogP contribution in [-0.4, -0.2) is 23.5 Å². The first kappa shape index (κ1) is 18.1. The SMILES string of the molecule is CCC(CC)(CNC(=O)C(C)c1c(F)cccc1F)C(=O)O. The van der Waals surface area contributed by atoms with Crippen LogP contribution < -0.4 is 5.32 Å². The van der Waals surface area contributed by atoms with E-state index in [1.807, 2.05) is 0 Å². The Bertz CT molecular complexity index is 536. The summed E-state index contributed by atoms with van der Waals surface area (Å²) in [4.78, 5) is 23.5. The molecule has 1 rings (SSSR count). The van der Waals surface area contributed by atoms with E-state index in [2.05, 4.69) is 5.32 Å². The van der Waals surface area contributed by atoms with Crippen LogP contribution in [0, 0.1) is 17.0 Å². The third-order valence-corrected chi connectivity index (χ3v) is 4.23. The molecule has 0 saturated heterocycles. The number of carboxylic acids is 1. The van der Waals surface area contributed by atoms with Crippen molar-refractivity contribution in [1.29, 1.82) is 0 Å². The zero-order valence-electron chi connectivity index (χ0n) is 13.0. The van der Waals surface area contributed by atoms with Crippen molar-refractivity contribution in [2.45, 2.75) is 39.5 Å². The maximum absolute atomic E-state index is 13.7. The molecule has 0 saturated carbocycles. The molecule has 0 bridgehead atoms. The smallest absolute Gasteiger partial charge is 0.311 e. The van der Waals surface area contributed by atoms with Crippen molar-refractivity contribution < 1.29 is 23.5 Å². The van der Waals surface area contributed by atoms with Crippen molar-refractivity contribution in [2.75, 3.05) is 6.54 Å². The van der Waals surface area contributed by atoms with E-state index in [0.717, 1.165) is 12.1 Å². The summed E-state index contributed by atoms with van der Waals surface area (Å²) < 4.78 is 27.4. The average Bonchev–Trinajstić information content (AvgIpc) is 2.47. The van der Waals surface area contributed by atoms with E-state index >= 15 is 0 Å². The van der Waals surface area contributed by atoms with Crippen molar-refractivity contribution in [3.8, 4) is 0 Å². The van der Waals surface area contributed by atoms with E-state index in [-0.39, 0.29) is 12.1 Å². The number of carboxylic acid groups (broad SMARTS) is 1. The summed E-state index contributed by atoms with van der Waals surface area (Å²) >= 11 is 0. The Morgan fingerprint density at radius 3 is 2.14 bits per heavy atom. The van der Waals surface area contributed by atoms with E-state index in [0.29, 0.717) is 12.8 Å². The number of benzene rings is 1. The Morgan fingerprint density at radius 2 is 1.73 bits per heavy atom. The number of nitrogens with one attached hydrogen (secondary N) is 1. The van der Waals surface area contributed by atoms with Crippen LogP contribution in [0.5, 0.6) is 0 Å². The van der Waals surface area contributed by atoms with E-state index in [1.165, 1.54) is 13.0 Å². The summed E-state index contributed by atoms with van der Waals surface area (Å²) in [6.07, 6.45) is 0.698. The third-order valence-electron chi connectivity index (χ3n) is 4.23. The second-order valence-corrected chi connectivity index (χ2v) is 5.37. The van der Waals surface area contributed by atoms with Gasteiger partial charge in [-0.25, -0.2) is 8.78 Å². The largest absolute Gasteiger partial charge is 0.481 e. The van der Waals surface area contributed by atoms with Gasteiger partial charge in [-0.05, 0) is 31.9 Å². The first-order valence-corrected chi connectivity index (χ1v) is 7.24. The second-order valence-electron chi connectivity index (χ2n) is 5.37. The molecule has 1 unspecified atom stereocenters. The molecule has 1 aromatic carbocycles. The lowest BCUT2D eigenvalue weighted by molar-refractivity contribution is -0.149. The molecule has 1 amide bonds. The number of aliphatic carboxylic acids is 1. The minimum Gasteiger partial charge on any atom is -0.481 e. The van der Waals surface area contributed by atoms with Gasteiger partial charge in [0.1, 0.15) is 11.6 Å². The lowest BCUT2D eigenvalue weighted by Gasteiger charge is -2.27. The van der Waals surface area contributed by atoms with Gasteiger partial charge in [0.05, 0.1) is 11.3 Å². The Hall–Kier alpha value is -1.98. The number of hydrogen-bond acceptors (Lipinski definition) is 2. The van der Waals surface area contributed by atoms with Crippen molar-refractivity contribution in [2.24, 2.45) is 5.41 Å². The molecule has 1 atom stereocenters. The highest BCUT2D eigenvalue weighted by atomic mass is 19.1. The van der Waals surface area contributed by atoms with Crippen LogP contribution in [-0.2, 0) is 9.59 Å². The molecule has 122 valence electrons. The Kier molecular flexibility index (Phi) is 6.02. The molecule has 0 aliphatic carbocycles. The number of carbonyl (C=O) groups excluding carboxylic acids is 1. The topological polar surface area (TPSA) is 66.4 Å². The molecule has 1 aromatic rings.